The van der Waals surface area contributed by atoms with Gasteiger partial charge in [-0.1, -0.05) is 6.92 Å². The quantitative estimate of drug-likeness (QED) is 0.774. The molecule has 1 aromatic rings. The normalized spacial score (nSPS) is 16.4. The van der Waals surface area contributed by atoms with Crippen LogP contribution >= 0.6 is 0 Å². The number of hydrogen-bond donors (Lipinski definition) is 3. The zero-order valence-electron chi connectivity index (χ0n) is 11.7. The van der Waals surface area contributed by atoms with Gasteiger partial charge in [0.05, 0.1) is 11.1 Å². The van der Waals surface area contributed by atoms with Gasteiger partial charge >= 0.3 is 0 Å². The predicted octanol–water partition coefficient (Wildman–Crippen LogP) is 1.33. The summed E-state index contributed by atoms with van der Waals surface area (Å²) >= 11 is 0. The van der Waals surface area contributed by atoms with Gasteiger partial charge in [-0.25, -0.2) is 0 Å². The number of hydrogen-bond acceptors (Lipinski definition) is 4. The molecule has 0 saturated heterocycles. The number of benzene rings is 1. The zero-order valence-corrected chi connectivity index (χ0v) is 11.7. The molecule has 6 nitrogen and oxygen atoms in total. The first kappa shape index (κ1) is 14.3. The van der Waals surface area contributed by atoms with E-state index in [1.807, 2.05) is 13.8 Å². The molecule has 108 valence electrons. The molecule has 0 aliphatic carbocycles. The third-order valence-corrected chi connectivity index (χ3v) is 3.65. The summed E-state index contributed by atoms with van der Waals surface area (Å²) in [6, 6.07) is 5.13. The molecule has 1 aliphatic rings. The summed E-state index contributed by atoms with van der Waals surface area (Å²) in [7, 11) is 0. The number of anilines is 2. The van der Waals surface area contributed by atoms with Crippen LogP contribution in [0.4, 0.5) is 11.4 Å². The average molecular weight is 277 g/mol. The van der Waals surface area contributed by atoms with Gasteiger partial charge in [0, 0.05) is 12.2 Å². The van der Waals surface area contributed by atoms with Gasteiger partial charge < -0.3 is 21.1 Å². The number of carbonyl (C=O) groups is 2. The highest BCUT2D eigenvalue weighted by molar-refractivity contribution is 5.99. The van der Waals surface area contributed by atoms with Crippen LogP contribution in [0, 0.1) is 5.41 Å². The highest BCUT2D eigenvalue weighted by atomic mass is 16.5. The molecule has 4 N–H and O–H groups in total. The summed E-state index contributed by atoms with van der Waals surface area (Å²) < 4.78 is 5.26. The Bertz CT molecular complexity index is 538. The van der Waals surface area contributed by atoms with E-state index in [2.05, 4.69) is 10.6 Å². The van der Waals surface area contributed by atoms with Crippen molar-refractivity contribution in [1.29, 1.82) is 0 Å². The Labute approximate surface area is 117 Å². The number of ether oxygens (including phenoxy) is 1. The van der Waals surface area contributed by atoms with Crippen molar-refractivity contribution in [2.24, 2.45) is 11.1 Å². The van der Waals surface area contributed by atoms with E-state index in [0.717, 1.165) is 0 Å². The number of amides is 2. The molecular formula is C14H19N3O3. The Balaban J connectivity index is 2.17. The van der Waals surface area contributed by atoms with E-state index < -0.39 is 5.41 Å². The van der Waals surface area contributed by atoms with Gasteiger partial charge in [0.15, 0.2) is 6.61 Å². The lowest BCUT2D eigenvalue weighted by Crippen LogP contribution is -2.39. The molecule has 1 atom stereocenters. The summed E-state index contributed by atoms with van der Waals surface area (Å²) in [5, 5.41) is 5.52. The summed E-state index contributed by atoms with van der Waals surface area (Å²) in [5.74, 6) is 0.256. The summed E-state index contributed by atoms with van der Waals surface area (Å²) in [6.45, 7) is 4.04. The second-order valence-corrected chi connectivity index (χ2v) is 5.12. The lowest BCUT2D eigenvalue weighted by Gasteiger charge is -2.25. The van der Waals surface area contributed by atoms with Gasteiger partial charge in [-0.2, -0.15) is 0 Å². The molecule has 2 rings (SSSR count). The van der Waals surface area contributed by atoms with Crippen LogP contribution in [-0.4, -0.2) is 25.0 Å². The zero-order chi connectivity index (χ0) is 14.8. The SMILES string of the molecule is CCC(C)(CN)C(=O)Nc1ccc2c(c1)NC(=O)CO2. The Kier molecular flexibility index (Phi) is 3.94. The van der Waals surface area contributed by atoms with E-state index >= 15 is 0 Å². The Morgan fingerprint density at radius 2 is 2.30 bits per heavy atom. The van der Waals surface area contributed by atoms with Gasteiger partial charge in [0.2, 0.25) is 5.91 Å². The van der Waals surface area contributed by atoms with E-state index in [1.165, 1.54) is 0 Å². The first-order valence-corrected chi connectivity index (χ1v) is 6.57. The number of nitrogens with two attached hydrogens (primary N) is 1. The first-order valence-electron chi connectivity index (χ1n) is 6.57. The number of nitrogens with one attached hydrogen (secondary N) is 2. The van der Waals surface area contributed by atoms with E-state index in [9.17, 15) is 9.59 Å². The Morgan fingerprint density at radius 1 is 1.55 bits per heavy atom. The van der Waals surface area contributed by atoms with Crippen LogP contribution in [0.15, 0.2) is 18.2 Å². The minimum absolute atomic E-state index is 0.0137. The first-order chi connectivity index (χ1) is 9.48. The second kappa shape index (κ2) is 5.50. The van der Waals surface area contributed by atoms with Crippen LogP contribution in [0.2, 0.25) is 0 Å². The summed E-state index contributed by atoms with van der Waals surface area (Å²) in [5.41, 5.74) is 6.23. The average Bonchev–Trinajstić information content (AvgIpc) is 2.45. The van der Waals surface area contributed by atoms with Gasteiger partial charge in [-0.3, -0.25) is 9.59 Å². The highest BCUT2D eigenvalue weighted by Crippen LogP contribution is 2.31. The van der Waals surface area contributed by atoms with Crippen molar-refractivity contribution in [3.8, 4) is 5.75 Å². The third-order valence-electron chi connectivity index (χ3n) is 3.65. The van der Waals surface area contributed by atoms with Crippen molar-refractivity contribution in [3.05, 3.63) is 18.2 Å². The third kappa shape index (κ3) is 2.75. The minimum atomic E-state index is -0.602. The molecule has 0 radical (unpaired) electrons. The van der Waals surface area contributed by atoms with Crippen LogP contribution in [0.1, 0.15) is 20.3 Å². The molecule has 0 aromatic heterocycles. The van der Waals surface area contributed by atoms with Crippen molar-refractivity contribution in [2.75, 3.05) is 23.8 Å². The van der Waals surface area contributed by atoms with Crippen LogP contribution < -0.4 is 21.1 Å². The molecule has 1 heterocycles. The molecule has 0 bridgehead atoms. The van der Waals surface area contributed by atoms with Crippen molar-refractivity contribution >= 4 is 23.2 Å². The second-order valence-electron chi connectivity index (χ2n) is 5.12. The van der Waals surface area contributed by atoms with Crippen LogP contribution in [0.5, 0.6) is 5.75 Å². The predicted molar refractivity (Wildman–Crippen MR) is 76.6 cm³/mol. The van der Waals surface area contributed by atoms with Crippen molar-refractivity contribution < 1.29 is 14.3 Å². The number of fused-ring (bicyclic) bond motifs is 1. The van der Waals surface area contributed by atoms with Gasteiger partial charge in [0.25, 0.3) is 5.91 Å². The molecule has 6 heteroatoms. The molecule has 1 unspecified atom stereocenters. The molecule has 20 heavy (non-hydrogen) atoms. The van der Waals surface area contributed by atoms with Crippen LogP contribution in [0.3, 0.4) is 0 Å². The number of rotatable bonds is 4. The van der Waals surface area contributed by atoms with Crippen LogP contribution in [0.25, 0.3) is 0 Å². The molecule has 0 fully saturated rings. The van der Waals surface area contributed by atoms with Gasteiger partial charge in [0.1, 0.15) is 5.75 Å². The molecule has 1 aromatic carbocycles. The Morgan fingerprint density at radius 3 is 2.95 bits per heavy atom. The topological polar surface area (TPSA) is 93.5 Å². The monoisotopic (exact) mass is 277 g/mol. The standard InChI is InChI=1S/C14H19N3O3/c1-3-14(2,8-15)13(19)16-9-4-5-11-10(6-9)17-12(18)7-20-11/h4-6H,3,7-8,15H2,1-2H3,(H,16,19)(H,17,18). The summed E-state index contributed by atoms with van der Waals surface area (Å²) in [4.78, 5) is 23.5. The lowest BCUT2D eigenvalue weighted by atomic mass is 9.86. The molecule has 2 amide bonds. The van der Waals surface area contributed by atoms with E-state index in [4.69, 9.17) is 10.5 Å². The van der Waals surface area contributed by atoms with E-state index in [1.54, 1.807) is 18.2 Å². The van der Waals surface area contributed by atoms with Crippen molar-refractivity contribution in [2.45, 2.75) is 20.3 Å². The number of carbonyl (C=O) groups excluding carboxylic acids is 2. The molecule has 0 saturated carbocycles. The fraction of sp³-hybridized carbons (Fsp3) is 0.429. The fourth-order valence-corrected chi connectivity index (χ4v) is 1.84. The largest absolute Gasteiger partial charge is 0.482 e. The summed E-state index contributed by atoms with van der Waals surface area (Å²) in [6.07, 6.45) is 0.653. The maximum absolute atomic E-state index is 12.2. The van der Waals surface area contributed by atoms with E-state index in [-0.39, 0.29) is 25.0 Å². The maximum Gasteiger partial charge on any atom is 0.262 e. The minimum Gasteiger partial charge on any atom is -0.482 e. The highest BCUT2D eigenvalue weighted by Gasteiger charge is 2.29. The van der Waals surface area contributed by atoms with E-state index in [0.29, 0.717) is 23.5 Å². The fourth-order valence-electron chi connectivity index (χ4n) is 1.84. The molecule has 0 spiro atoms. The lowest BCUT2D eigenvalue weighted by molar-refractivity contribution is -0.124. The van der Waals surface area contributed by atoms with Gasteiger partial charge in [-0.15, -0.1) is 0 Å². The smallest absolute Gasteiger partial charge is 0.262 e. The molecule has 1 aliphatic heterocycles. The van der Waals surface area contributed by atoms with Crippen molar-refractivity contribution in [3.63, 3.8) is 0 Å². The maximum atomic E-state index is 12.2. The van der Waals surface area contributed by atoms with Gasteiger partial charge in [-0.05, 0) is 31.5 Å². The Hall–Kier alpha value is -2.08. The van der Waals surface area contributed by atoms with Crippen molar-refractivity contribution in [1.82, 2.24) is 0 Å². The molecular weight excluding hydrogens is 258 g/mol. The van der Waals surface area contributed by atoms with Crippen LogP contribution in [-0.2, 0) is 9.59 Å².